The van der Waals surface area contributed by atoms with Gasteiger partial charge in [-0.1, -0.05) is 12.8 Å². The molecule has 7 heteroatoms. The maximum atomic E-state index is 12.1. The van der Waals surface area contributed by atoms with Crippen LogP contribution in [0.3, 0.4) is 0 Å². The van der Waals surface area contributed by atoms with Crippen molar-refractivity contribution >= 4 is 11.9 Å². The quantitative estimate of drug-likeness (QED) is 0.664. The van der Waals surface area contributed by atoms with Crippen molar-refractivity contribution < 1.29 is 28.5 Å². The van der Waals surface area contributed by atoms with Gasteiger partial charge in [-0.05, 0) is 43.9 Å². The van der Waals surface area contributed by atoms with Gasteiger partial charge < -0.3 is 24.3 Å². The van der Waals surface area contributed by atoms with Gasteiger partial charge in [-0.25, -0.2) is 0 Å². The van der Waals surface area contributed by atoms with Crippen molar-refractivity contribution in [2.45, 2.75) is 57.6 Å². The Bertz CT molecular complexity index is 629. The van der Waals surface area contributed by atoms with Crippen LogP contribution in [-0.2, 0) is 20.7 Å². The Kier molecular flexibility index (Phi) is 7.76. The van der Waals surface area contributed by atoms with Gasteiger partial charge in [0.15, 0.2) is 17.6 Å². The lowest BCUT2D eigenvalue weighted by atomic mass is 10.1. The van der Waals surface area contributed by atoms with Crippen LogP contribution in [0.2, 0.25) is 0 Å². The molecule has 1 saturated carbocycles. The zero-order chi connectivity index (χ0) is 19.8. The van der Waals surface area contributed by atoms with Crippen molar-refractivity contribution in [3.63, 3.8) is 0 Å². The summed E-state index contributed by atoms with van der Waals surface area (Å²) in [5.74, 6) is 0.915. The number of hydrogen-bond donors (Lipinski definition) is 1. The molecule has 0 aliphatic heterocycles. The summed E-state index contributed by atoms with van der Waals surface area (Å²) in [4.78, 5) is 24.2. The van der Waals surface area contributed by atoms with E-state index in [2.05, 4.69) is 5.32 Å². The standard InChI is InChI=1S/C20H29NO6/c1-13(20(23)21-15-7-5-6-8-15)27-18(22)10-9-14-11-16(24-2)19(26-4)17(12-14)25-3/h11-13,15H,5-10H2,1-4H3,(H,21,23). The maximum Gasteiger partial charge on any atom is 0.306 e. The fourth-order valence-corrected chi connectivity index (χ4v) is 3.22. The first-order chi connectivity index (χ1) is 13.0. The third-order valence-electron chi connectivity index (χ3n) is 4.72. The maximum absolute atomic E-state index is 12.1. The summed E-state index contributed by atoms with van der Waals surface area (Å²) in [5.41, 5.74) is 0.851. The minimum Gasteiger partial charge on any atom is -0.493 e. The predicted octanol–water partition coefficient (Wildman–Crippen LogP) is 2.64. The van der Waals surface area contributed by atoms with Gasteiger partial charge in [0.1, 0.15) is 0 Å². The summed E-state index contributed by atoms with van der Waals surface area (Å²) < 4.78 is 21.2. The molecule has 7 nitrogen and oxygen atoms in total. The van der Waals surface area contributed by atoms with E-state index in [-0.39, 0.29) is 18.4 Å². The van der Waals surface area contributed by atoms with E-state index in [1.807, 2.05) is 0 Å². The van der Waals surface area contributed by atoms with Crippen LogP contribution >= 0.6 is 0 Å². The van der Waals surface area contributed by atoms with E-state index in [0.29, 0.717) is 23.7 Å². The largest absolute Gasteiger partial charge is 0.493 e. The minimum atomic E-state index is -0.793. The number of rotatable bonds is 9. The molecule has 0 radical (unpaired) electrons. The van der Waals surface area contributed by atoms with Crippen molar-refractivity contribution in [2.24, 2.45) is 0 Å². The van der Waals surface area contributed by atoms with Crippen LogP contribution in [0.4, 0.5) is 0 Å². The number of hydrogen-bond acceptors (Lipinski definition) is 6. The van der Waals surface area contributed by atoms with Gasteiger partial charge in [0, 0.05) is 12.5 Å². The van der Waals surface area contributed by atoms with Gasteiger partial charge in [-0.3, -0.25) is 9.59 Å². The summed E-state index contributed by atoms with van der Waals surface area (Å²) in [6, 6.07) is 3.80. The minimum absolute atomic E-state index is 0.152. The molecule has 150 valence electrons. The van der Waals surface area contributed by atoms with E-state index in [1.165, 1.54) is 7.11 Å². The number of ether oxygens (including phenoxy) is 4. The average Bonchev–Trinajstić information content (AvgIpc) is 3.18. The van der Waals surface area contributed by atoms with Gasteiger partial charge in [0.2, 0.25) is 5.75 Å². The van der Waals surface area contributed by atoms with Crippen LogP contribution in [0.25, 0.3) is 0 Å². The van der Waals surface area contributed by atoms with E-state index < -0.39 is 12.1 Å². The fourth-order valence-electron chi connectivity index (χ4n) is 3.22. The summed E-state index contributed by atoms with van der Waals surface area (Å²) in [5, 5.41) is 2.94. The lowest BCUT2D eigenvalue weighted by molar-refractivity contribution is -0.155. The Morgan fingerprint density at radius 3 is 2.19 bits per heavy atom. The van der Waals surface area contributed by atoms with Gasteiger partial charge in [0.05, 0.1) is 21.3 Å². The highest BCUT2D eigenvalue weighted by atomic mass is 16.5. The summed E-state index contributed by atoms with van der Waals surface area (Å²) in [6.07, 6.45) is 4.05. The van der Waals surface area contributed by atoms with Gasteiger partial charge in [-0.15, -0.1) is 0 Å². The second-order valence-corrected chi connectivity index (χ2v) is 6.66. The lowest BCUT2D eigenvalue weighted by Crippen LogP contribution is -2.40. The van der Waals surface area contributed by atoms with E-state index in [4.69, 9.17) is 18.9 Å². The number of benzene rings is 1. The fraction of sp³-hybridized carbons (Fsp3) is 0.600. The molecule has 27 heavy (non-hydrogen) atoms. The Morgan fingerprint density at radius 1 is 1.07 bits per heavy atom. The predicted molar refractivity (Wildman–Crippen MR) is 100 cm³/mol. The zero-order valence-corrected chi connectivity index (χ0v) is 16.5. The first kappa shape index (κ1) is 20.9. The van der Waals surface area contributed by atoms with E-state index in [1.54, 1.807) is 33.3 Å². The van der Waals surface area contributed by atoms with Crippen LogP contribution in [-0.4, -0.2) is 45.4 Å². The van der Waals surface area contributed by atoms with E-state index in [0.717, 1.165) is 31.2 Å². The normalized spacial score (nSPS) is 15.1. The number of esters is 1. The Balaban J connectivity index is 1.88. The van der Waals surface area contributed by atoms with Gasteiger partial charge in [-0.2, -0.15) is 0 Å². The molecule has 0 aromatic heterocycles. The Morgan fingerprint density at radius 2 is 1.67 bits per heavy atom. The number of methoxy groups -OCH3 is 3. The zero-order valence-electron chi connectivity index (χ0n) is 16.5. The molecule has 0 heterocycles. The second kappa shape index (κ2) is 10.0. The van der Waals surface area contributed by atoms with Crippen LogP contribution in [0.5, 0.6) is 17.2 Å². The Labute approximate surface area is 160 Å². The topological polar surface area (TPSA) is 83.1 Å². The first-order valence-corrected chi connectivity index (χ1v) is 9.27. The van der Waals surface area contributed by atoms with Crippen molar-refractivity contribution in [2.75, 3.05) is 21.3 Å². The molecule has 1 aromatic carbocycles. The molecule has 0 spiro atoms. The number of nitrogens with one attached hydrogen (secondary N) is 1. The number of carbonyl (C=O) groups excluding carboxylic acids is 2. The third kappa shape index (κ3) is 5.77. The van der Waals surface area contributed by atoms with Crippen molar-refractivity contribution in [1.29, 1.82) is 0 Å². The third-order valence-corrected chi connectivity index (χ3v) is 4.72. The Hall–Kier alpha value is -2.44. The number of carbonyl (C=O) groups is 2. The highest BCUT2D eigenvalue weighted by Crippen LogP contribution is 2.38. The summed E-state index contributed by atoms with van der Waals surface area (Å²) in [6.45, 7) is 1.60. The molecule has 0 saturated heterocycles. The molecule has 0 bridgehead atoms. The number of amides is 1. The van der Waals surface area contributed by atoms with Crippen LogP contribution in [0.15, 0.2) is 12.1 Å². The van der Waals surface area contributed by atoms with Crippen molar-refractivity contribution in [3.8, 4) is 17.2 Å². The lowest BCUT2D eigenvalue weighted by Gasteiger charge is -2.17. The van der Waals surface area contributed by atoms with E-state index in [9.17, 15) is 9.59 Å². The molecule has 1 N–H and O–H groups in total. The highest BCUT2D eigenvalue weighted by molar-refractivity contribution is 5.83. The molecule has 1 aliphatic rings. The van der Waals surface area contributed by atoms with Crippen molar-refractivity contribution in [3.05, 3.63) is 17.7 Å². The first-order valence-electron chi connectivity index (χ1n) is 9.27. The smallest absolute Gasteiger partial charge is 0.306 e. The second-order valence-electron chi connectivity index (χ2n) is 6.66. The molecule has 1 amide bonds. The number of aryl methyl sites for hydroxylation is 1. The highest BCUT2D eigenvalue weighted by Gasteiger charge is 2.23. The molecule has 1 aliphatic carbocycles. The van der Waals surface area contributed by atoms with Gasteiger partial charge >= 0.3 is 5.97 Å². The molecular formula is C20H29NO6. The summed E-state index contributed by atoms with van der Waals surface area (Å²) >= 11 is 0. The van der Waals surface area contributed by atoms with Crippen LogP contribution in [0, 0.1) is 0 Å². The molecule has 1 fully saturated rings. The summed E-state index contributed by atoms with van der Waals surface area (Å²) in [7, 11) is 4.62. The molecule has 1 atom stereocenters. The monoisotopic (exact) mass is 379 g/mol. The van der Waals surface area contributed by atoms with Crippen LogP contribution < -0.4 is 19.5 Å². The molecule has 2 rings (SSSR count). The molecular weight excluding hydrogens is 350 g/mol. The van der Waals surface area contributed by atoms with E-state index >= 15 is 0 Å². The SMILES string of the molecule is COc1cc(CCC(=O)OC(C)C(=O)NC2CCCC2)cc(OC)c1OC. The average molecular weight is 379 g/mol. The van der Waals surface area contributed by atoms with Crippen molar-refractivity contribution in [1.82, 2.24) is 5.32 Å². The van der Waals surface area contributed by atoms with Crippen LogP contribution in [0.1, 0.15) is 44.6 Å². The molecule has 1 aromatic rings. The molecule has 1 unspecified atom stereocenters. The van der Waals surface area contributed by atoms with Gasteiger partial charge in [0.25, 0.3) is 5.91 Å².